The third kappa shape index (κ3) is 3.16. The van der Waals surface area contributed by atoms with Gasteiger partial charge in [0.15, 0.2) is 0 Å². The van der Waals surface area contributed by atoms with Crippen molar-refractivity contribution >= 4 is 17.5 Å². The summed E-state index contributed by atoms with van der Waals surface area (Å²) < 4.78 is 5.78. The lowest BCUT2D eigenvalue weighted by Crippen LogP contribution is -2.29. The molecule has 0 bridgehead atoms. The summed E-state index contributed by atoms with van der Waals surface area (Å²) in [6, 6.07) is 14.8. The van der Waals surface area contributed by atoms with E-state index in [0.29, 0.717) is 17.4 Å². The Morgan fingerprint density at radius 3 is 1.74 bits per heavy atom. The van der Waals surface area contributed by atoms with Crippen molar-refractivity contribution < 1.29 is 14.3 Å². The molecule has 0 fully saturated rings. The molecule has 2 aromatic carbocycles. The molecular formula is C19H17NO3. The SMILES string of the molecule is CC(C)c1ccc(Oc2ccc(N3C(=O)C=CC3=O)cc2)cc1. The van der Waals surface area contributed by atoms with E-state index in [1.807, 2.05) is 24.3 Å². The van der Waals surface area contributed by atoms with Crippen molar-refractivity contribution in [1.82, 2.24) is 0 Å². The minimum Gasteiger partial charge on any atom is -0.457 e. The van der Waals surface area contributed by atoms with E-state index in [2.05, 4.69) is 13.8 Å². The van der Waals surface area contributed by atoms with Gasteiger partial charge in [-0.1, -0.05) is 26.0 Å². The van der Waals surface area contributed by atoms with Crippen molar-refractivity contribution in [3.8, 4) is 11.5 Å². The molecule has 4 nitrogen and oxygen atoms in total. The molecule has 3 rings (SSSR count). The molecule has 1 aliphatic rings. The Labute approximate surface area is 135 Å². The highest BCUT2D eigenvalue weighted by Crippen LogP contribution is 2.27. The van der Waals surface area contributed by atoms with E-state index in [0.717, 1.165) is 10.6 Å². The molecular weight excluding hydrogens is 290 g/mol. The van der Waals surface area contributed by atoms with Crippen molar-refractivity contribution in [2.24, 2.45) is 0 Å². The molecule has 0 N–H and O–H groups in total. The number of benzene rings is 2. The summed E-state index contributed by atoms with van der Waals surface area (Å²) >= 11 is 0. The summed E-state index contributed by atoms with van der Waals surface area (Å²) in [7, 11) is 0. The highest BCUT2D eigenvalue weighted by Gasteiger charge is 2.24. The van der Waals surface area contributed by atoms with Crippen LogP contribution in [0.15, 0.2) is 60.7 Å². The van der Waals surface area contributed by atoms with Crippen molar-refractivity contribution in [2.45, 2.75) is 19.8 Å². The van der Waals surface area contributed by atoms with Crippen LogP contribution in [0.4, 0.5) is 5.69 Å². The maximum Gasteiger partial charge on any atom is 0.258 e. The maximum atomic E-state index is 11.6. The third-order valence-corrected chi connectivity index (χ3v) is 3.69. The number of carbonyl (C=O) groups excluding carboxylic acids is 2. The number of amides is 2. The molecule has 0 aliphatic carbocycles. The number of ether oxygens (including phenoxy) is 1. The zero-order chi connectivity index (χ0) is 16.4. The van der Waals surface area contributed by atoms with Gasteiger partial charge in [-0.15, -0.1) is 0 Å². The van der Waals surface area contributed by atoms with Crippen molar-refractivity contribution in [3.05, 3.63) is 66.2 Å². The van der Waals surface area contributed by atoms with Crippen LogP contribution in [0.3, 0.4) is 0 Å². The standard InChI is InChI=1S/C19H17NO3/c1-13(2)14-3-7-16(8-4-14)23-17-9-5-15(6-10-17)20-18(21)11-12-19(20)22/h3-13H,1-2H3. The molecule has 0 atom stereocenters. The molecule has 0 spiro atoms. The molecule has 23 heavy (non-hydrogen) atoms. The van der Waals surface area contributed by atoms with Gasteiger partial charge in [-0.3, -0.25) is 9.59 Å². The lowest BCUT2D eigenvalue weighted by Gasteiger charge is -2.14. The summed E-state index contributed by atoms with van der Waals surface area (Å²) in [5.41, 5.74) is 1.79. The van der Waals surface area contributed by atoms with Crippen LogP contribution in [0.5, 0.6) is 11.5 Å². The van der Waals surface area contributed by atoms with Crippen molar-refractivity contribution in [2.75, 3.05) is 4.90 Å². The quantitative estimate of drug-likeness (QED) is 0.801. The van der Waals surface area contributed by atoms with Crippen LogP contribution >= 0.6 is 0 Å². The van der Waals surface area contributed by atoms with Gasteiger partial charge < -0.3 is 4.74 Å². The Hall–Kier alpha value is -2.88. The molecule has 1 heterocycles. The Morgan fingerprint density at radius 1 is 0.783 bits per heavy atom. The first kappa shape index (κ1) is 15.0. The van der Waals surface area contributed by atoms with Crippen LogP contribution in [0.2, 0.25) is 0 Å². The molecule has 0 aromatic heterocycles. The van der Waals surface area contributed by atoms with Gasteiger partial charge in [0.25, 0.3) is 11.8 Å². The highest BCUT2D eigenvalue weighted by molar-refractivity contribution is 6.28. The second-order valence-electron chi connectivity index (χ2n) is 5.66. The smallest absolute Gasteiger partial charge is 0.258 e. The summed E-state index contributed by atoms with van der Waals surface area (Å²) in [6.07, 6.45) is 2.53. The minimum absolute atomic E-state index is 0.326. The molecule has 2 aromatic rings. The van der Waals surface area contributed by atoms with Crippen molar-refractivity contribution in [1.29, 1.82) is 0 Å². The van der Waals surface area contributed by atoms with E-state index in [1.54, 1.807) is 24.3 Å². The average Bonchev–Trinajstić information content (AvgIpc) is 2.88. The fourth-order valence-corrected chi connectivity index (χ4v) is 2.37. The lowest BCUT2D eigenvalue weighted by atomic mass is 10.0. The predicted molar refractivity (Wildman–Crippen MR) is 88.7 cm³/mol. The van der Waals surface area contributed by atoms with E-state index in [4.69, 9.17) is 4.74 Å². The zero-order valence-corrected chi connectivity index (χ0v) is 13.0. The highest BCUT2D eigenvalue weighted by atomic mass is 16.5. The first-order valence-electron chi connectivity index (χ1n) is 7.48. The Balaban J connectivity index is 1.72. The van der Waals surface area contributed by atoms with Gasteiger partial charge in [0.2, 0.25) is 0 Å². The largest absolute Gasteiger partial charge is 0.457 e. The van der Waals surface area contributed by atoms with E-state index in [1.165, 1.54) is 17.7 Å². The first-order chi connectivity index (χ1) is 11.0. The average molecular weight is 307 g/mol. The molecule has 1 aliphatic heterocycles. The van der Waals surface area contributed by atoms with Gasteiger partial charge in [0.1, 0.15) is 11.5 Å². The summed E-state index contributed by atoms with van der Waals surface area (Å²) in [5.74, 6) is 1.23. The van der Waals surface area contributed by atoms with E-state index < -0.39 is 0 Å². The molecule has 0 radical (unpaired) electrons. The maximum absolute atomic E-state index is 11.6. The molecule has 4 heteroatoms. The number of imide groups is 1. The minimum atomic E-state index is -0.326. The van der Waals surface area contributed by atoms with Crippen LogP contribution in [0.25, 0.3) is 0 Å². The lowest BCUT2D eigenvalue weighted by molar-refractivity contribution is -0.119. The Bertz CT molecular complexity index is 740. The Morgan fingerprint density at radius 2 is 1.26 bits per heavy atom. The number of hydrogen-bond acceptors (Lipinski definition) is 3. The van der Waals surface area contributed by atoms with Crippen LogP contribution in [0, 0.1) is 0 Å². The van der Waals surface area contributed by atoms with Gasteiger partial charge in [0, 0.05) is 12.2 Å². The number of nitrogens with zero attached hydrogens (tertiary/aromatic N) is 1. The van der Waals surface area contributed by atoms with Crippen LogP contribution in [-0.2, 0) is 9.59 Å². The van der Waals surface area contributed by atoms with E-state index in [-0.39, 0.29) is 11.8 Å². The van der Waals surface area contributed by atoms with Gasteiger partial charge in [0.05, 0.1) is 5.69 Å². The van der Waals surface area contributed by atoms with E-state index >= 15 is 0 Å². The normalized spacial score (nSPS) is 14.0. The molecule has 2 amide bonds. The number of anilines is 1. The van der Waals surface area contributed by atoms with Gasteiger partial charge in [-0.05, 0) is 47.9 Å². The fraction of sp³-hybridized carbons (Fsp3) is 0.158. The monoisotopic (exact) mass is 307 g/mol. The second kappa shape index (κ2) is 6.08. The van der Waals surface area contributed by atoms with E-state index in [9.17, 15) is 9.59 Å². The molecule has 116 valence electrons. The number of hydrogen-bond donors (Lipinski definition) is 0. The summed E-state index contributed by atoms with van der Waals surface area (Å²) in [6.45, 7) is 4.29. The van der Waals surface area contributed by atoms with Gasteiger partial charge in [-0.2, -0.15) is 0 Å². The first-order valence-corrected chi connectivity index (χ1v) is 7.48. The van der Waals surface area contributed by atoms with Gasteiger partial charge >= 0.3 is 0 Å². The third-order valence-electron chi connectivity index (χ3n) is 3.69. The summed E-state index contributed by atoms with van der Waals surface area (Å²) in [4.78, 5) is 24.4. The van der Waals surface area contributed by atoms with Crippen LogP contribution in [-0.4, -0.2) is 11.8 Å². The molecule has 0 unspecified atom stereocenters. The zero-order valence-electron chi connectivity index (χ0n) is 13.0. The molecule has 0 saturated heterocycles. The van der Waals surface area contributed by atoms with Crippen LogP contribution < -0.4 is 9.64 Å². The predicted octanol–water partition coefficient (Wildman–Crippen LogP) is 4.03. The molecule has 0 saturated carbocycles. The fourth-order valence-electron chi connectivity index (χ4n) is 2.37. The van der Waals surface area contributed by atoms with Crippen molar-refractivity contribution in [3.63, 3.8) is 0 Å². The number of rotatable bonds is 4. The van der Waals surface area contributed by atoms with Gasteiger partial charge in [-0.25, -0.2) is 4.90 Å². The topological polar surface area (TPSA) is 46.6 Å². The second-order valence-corrected chi connectivity index (χ2v) is 5.66. The Kier molecular flexibility index (Phi) is 3.98. The summed E-state index contributed by atoms with van der Waals surface area (Å²) in [5, 5.41) is 0. The van der Waals surface area contributed by atoms with Crippen LogP contribution in [0.1, 0.15) is 25.3 Å². The number of carbonyl (C=O) groups is 2.